The van der Waals surface area contributed by atoms with Crippen molar-refractivity contribution in [3.8, 4) is 11.3 Å². The minimum Gasteiger partial charge on any atom is -0.382 e. The topological polar surface area (TPSA) is 234 Å². The molecule has 0 aliphatic carbocycles. The van der Waals surface area contributed by atoms with Gasteiger partial charge in [-0.05, 0) is 61.7 Å². The van der Waals surface area contributed by atoms with E-state index in [0.29, 0.717) is 140 Å². The molecular formula is C46H58N10O10. The second kappa shape index (κ2) is 24.8. The number of rotatable bonds is 29. The molecule has 5 N–H and O–H groups in total. The molecule has 66 heavy (non-hydrogen) atoms. The summed E-state index contributed by atoms with van der Waals surface area (Å²) in [7, 11) is 0. The summed E-state index contributed by atoms with van der Waals surface area (Å²) in [6.45, 7) is 9.12. The monoisotopic (exact) mass is 910 g/mol. The summed E-state index contributed by atoms with van der Waals surface area (Å²) in [5.74, 6) is -0.965. The smallest absolute Gasteiger partial charge is 0.264 e. The Bertz CT molecular complexity index is 2370. The molecule has 1 fully saturated rings. The van der Waals surface area contributed by atoms with Crippen LogP contribution in [0.3, 0.4) is 0 Å². The SMILES string of the molecule is CCCn1cc(-c2nc(Nc3ccc(C(=O)NCCOCCOCCOCCOCCOCCOCCNc4cccc5c4C(=O)N(C4CCCNC4=O)C5=O)cc3)nc3[nH]ccc23)cn1. The highest BCUT2D eigenvalue weighted by Gasteiger charge is 2.44. The first-order valence-corrected chi connectivity index (χ1v) is 22.4. The number of hydrogen-bond donors (Lipinski definition) is 5. The highest BCUT2D eigenvalue weighted by Crippen LogP contribution is 2.32. The van der Waals surface area contributed by atoms with Crippen LogP contribution in [-0.2, 0) is 39.8 Å². The average molecular weight is 911 g/mol. The quantitative estimate of drug-likeness (QED) is 0.0339. The molecule has 5 heterocycles. The number of hydrogen-bond acceptors (Lipinski definition) is 15. The minimum absolute atomic E-state index is 0.201. The summed E-state index contributed by atoms with van der Waals surface area (Å²) in [6, 6.07) is 13.3. The molecule has 5 aromatic rings. The zero-order chi connectivity index (χ0) is 45.9. The van der Waals surface area contributed by atoms with E-state index in [1.54, 1.807) is 30.3 Å². The third kappa shape index (κ3) is 13.0. The van der Waals surface area contributed by atoms with Gasteiger partial charge < -0.3 is 54.7 Å². The standard InChI is InChI=1S/C46H58N10O10/c1-2-17-55-31-33(30-51-55)40-36-12-14-48-41(36)54-46(53-40)52-34-10-8-32(9-11-34)42(57)50-16-19-62-21-23-64-25-27-66-29-28-65-26-24-63-22-20-61-18-15-47-37-6-3-5-35-39(37)45(60)56(44(35)59)38-7-4-13-49-43(38)58/h3,5-6,8-12,14,30-31,38,47H,2,4,7,13,15-29H2,1H3,(H,49,58)(H,50,57)(H2,48,52,53,54). The van der Waals surface area contributed by atoms with Gasteiger partial charge in [-0.2, -0.15) is 10.1 Å². The van der Waals surface area contributed by atoms with Crippen LogP contribution in [0.25, 0.3) is 22.3 Å². The molecule has 2 aromatic carbocycles. The number of aryl methyl sites for hydroxylation is 1. The second-order valence-corrected chi connectivity index (χ2v) is 15.3. The Morgan fingerprint density at radius 2 is 1.45 bits per heavy atom. The van der Waals surface area contributed by atoms with Crippen molar-refractivity contribution in [3.63, 3.8) is 0 Å². The fraction of sp³-hybridized carbons (Fsp3) is 0.457. The molecule has 20 heteroatoms. The third-order valence-electron chi connectivity index (χ3n) is 10.6. The van der Waals surface area contributed by atoms with Crippen molar-refractivity contribution in [1.82, 2.24) is 40.3 Å². The highest BCUT2D eigenvalue weighted by molar-refractivity contribution is 6.25. The molecule has 2 aliphatic rings. The van der Waals surface area contributed by atoms with E-state index < -0.39 is 17.9 Å². The number of amides is 4. The van der Waals surface area contributed by atoms with E-state index in [4.69, 9.17) is 33.4 Å². The van der Waals surface area contributed by atoms with E-state index in [2.05, 4.69) is 43.3 Å². The van der Waals surface area contributed by atoms with E-state index in [-0.39, 0.29) is 17.4 Å². The zero-order valence-corrected chi connectivity index (χ0v) is 37.2. The van der Waals surface area contributed by atoms with Crippen LogP contribution >= 0.6 is 0 Å². The zero-order valence-electron chi connectivity index (χ0n) is 37.2. The Morgan fingerprint density at radius 3 is 2.12 bits per heavy atom. The number of carbonyl (C=O) groups is 4. The normalized spacial score (nSPS) is 14.8. The van der Waals surface area contributed by atoms with E-state index in [1.807, 2.05) is 41.5 Å². The predicted molar refractivity (Wildman–Crippen MR) is 244 cm³/mol. The molecule has 4 amide bonds. The molecule has 1 saturated heterocycles. The Balaban J connectivity index is 0.643. The number of fused-ring (bicyclic) bond motifs is 2. The largest absolute Gasteiger partial charge is 0.382 e. The number of H-pyrrole nitrogens is 1. The van der Waals surface area contributed by atoms with Gasteiger partial charge in [0.15, 0.2) is 0 Å². The van der Waals surface area contributed by atoms with Crippen LogP contribution in [0.1, 0.15) is 57.3 Å². The van der Waals surface area contributed by atoms with Crippen LogP contribution in [0.5, 0.6) is 0 Å². The molecule has 1 unspecified atom stereocenters. The maximum absolute atomic E-state index is 13.2. The van der Waals surface area contributed by atoms with Gasteiger partial charge in [0.05, 0.1) is 102 Å². The summed E-state index contributed by atoms with van der Waals surface area (Å²) in [4.78, 5) is 64.9. The first kappa shape index (κ1) is 47.7. The van der Waals surface area contributed by atoms with Crippen LogP contribution in [0, 0.1) is 0 Å². The van der Waals surface area contributed by atoms with E-state index in [1.165, 1.54) is 0 Å². The Morgan fingerprint density at radius 1 is 0.788 bits per heavy atom. The number of benzene rings is 2. The maximum Gasteiger partial charge on any atom is 0.264 e. The van der Waals surface area contributed by atoms with Crippen LogP contribution in [0.4, 0.5) is 17.3 Å². The number of aromatic amines is 1. The average Bonchev–Trinajstić information content (AvgIpc) is 4.07. The van der Waals surface area contributed by atoms with Crippen molar-refractivity contribution in [1.29, 1.82) is 0 Å². The number of carbonyl (C=O) groups excluding carboxylic acids is 4. The molecular weight excluding hydrogens is 853 g/mol. The number of imide groups is 1. The molecule has 1 atom stereocenters. The number of nitrogens with one attached hydrogen (secondary N) is 5. The number of aromatic nitrogens is 5. The number of anilines is 3. The number of ether oxygens (including phenoxy) is 6. The van der Waals surface area contributed by atoms with E-state index in [0.717, 1.165) is 40.2 Å². The first-order valence-electron chi connectivity index (χ1n) is 22.4. The molecule has 0 bridgehead atoms. The number of nitrogens with zero attached hydrogens (tertiary/aromatic N) is 5. The van der Waals surface area contributed by atoms with Crippen LogP contribution < -0.4 is 21.3 Å². The lowest BCUT2D eigenvalue weighted by molar-refractivity contribution is -0.126. The van der Waals surface area contributed by atoms with Crippen LogP contribution in [-0.4, -0.2) is 158 Å². The summed E-state index contributed by atoms with van der Waals surface area (Å²) in [5, 5.41) is 17.4. The summed E-state index contributed by atoms with van der Waals surface area (Å²) >= 11 is 0. The van der Waals surface area contributed by atoms with Gasteiger partial charge >= 0.3 is 0 Å². The van der Waals surface area contributed by atoms with Crippen LogP contribution in [0.15, 0.2) is 67.1 Å². The summed E-state index contributed by atoms with van der Waals surface area (Å²) < 4.78 is 35.3. The summed E-state index contributed by atoms with van der Waals surface area (Å²) in [5.41, 5.74) is 4.79. The van der Waals surface area contributed by atoms with Crippen molar-refractivity contribution in [2.45, 2.75) is 38.8 Å². The molecule has 2 aliphatic heterocycles. The van der Waals surface area contributed by atoms with Crippen molar-refractivity contribution >= 4 is 52.0 Å². The van der Waals surface area contributed by atoms with E-state index in [9.17, 15) is 19.2 Å². The Hall–Kier alpha value is -6.29. The minimum atomic E-state index is -0.783. The van der Waals surface area contributed by atoms with Crippen molar-refractivity contribution in [2.24, 2.45) is 0 Å². The Kier molecular flexibility index (Phi) is 17.9. The van der Waals surface area contributed by atoms with E-state index >= 15 is 0 Å². The molecule has 20 nitrogen and oxygen atoms in total. The lowest BCUT2D eigenvalue weighted by Gasteiger charge is -2.28. The van der Waals surface area contributed by atoms with Gasteiger partial charge in [0.2, 0.25) is 11.9 Å². The van der Waals surface area contributed by atoms with Gasteiger partial charge in [0, 0.05) is 66.5 Å². The molecule has 7 rings (SSSR count). The Labute approximate surface area is 382 Å². The molecule has 0 spiro atoms. The van der Waals surface area contributed by atoms with Gasteiger partial charge in [-0.1, -0.05) is 13.0 Å². The lowest BCUT2D eigenvalue weighted by atomic mass is 10.1. The first-order chi connectivity index (χ1) is 32.4. The lowest BCUT2D eigenvalue weighted by Crippen LogP contribution is -2.52. The van der Waals surface area contributed by atoms with Crippen molar-refractivity contribution < 1.29 is 47.6 Å². The second-order valence-electron chi connectivity index (χ2n) is 15.3. The number of piperidine rings is 1. The van der Waals surface area contributed by atoms with Gasteiger partial charge in [-0.25, -0.2) is 4.98 Å². The fourth-order valence-corrected chi connectivity index (χ4v) is 7.42. The molecule has 3 aromatic heterocycles. The fourth-order valence-electron chi connectivity index (χ4n) is 7.42. The van der Waals surface area contributed by atoms with Gasteiger partial charge in [0.1, 0.15) is 11.7 Å². The van der Waals surface area contributed by atoms with Crippen molar-refractivity contribution in [2.75, 3.05) is 110 Å². The van der Waals surface area contributed by atoms with Gasteiger partial charge in [-0.3, -0.25) is 28.8 Å². The molecule has 0 radical (unpaired) electrons. The third-order valence-corrected chi connectivity index (χ3v) is 10.6. The highest BCUT2D eigenvalue weighted by atomic mass is 16.6. The van der Waals surface area contributed by atoms with Gasteiger partial charge in [-0.15, -0.1) is 0 Å². The van der Waals surface area contributed by atoms with Crippen LogP contribution in [0.2, 0.25) is 0 Å². The molecule has 0 saturated carbocycles. The van der Waals surface area contributed by atoms with Crippen molar-refractivity contribution in [3.05, 3.63) is 83.8 Å². The predicted octanol–water partition coefficient (Wildman–Crippen LogP) is 3.79. The summed E-state index contributed by atoms with van der Waals surface area (Å²) in [6.07, 6.45) is 7.79. The molecule has 352 valence electrons. The maximum atomic E-state index is 13.2. The van der Waals surface area contributed by atoms with Gasteiger partial charge in [0.25, 0.3) is 17.7 Å².